The monoisotopic (exact) mass is 362 g/mol. The first-order valence-electron chi connectivity index (χ1n) is 7.46. The number of hydrogen-bond donors (Lipinski definition) is 2. The molecule has 3 N–H and O–H groups in total. The first-order valence-corrected chi connectivity index (χ1v) is 8.27. The Kier molecular flexibility index (Phi) is 5.71. The van der Waals surface area contributed by atoms with Crippen molar-refractivity contribution in [2.75, 3.05) is 17.8 Å². The maximum atomic E-state index is 12.0. The van der Waals surface area contributed by atoms with Crippen LogP contribution in [0.15, 0.2) is 29.4 Å². The summed E-state index contributed by atoms with van der Waals surface area (Å²) < 4.78 is 5.02. The lowest BCUT2D eigenvalue weighted by atomic mass is 10.1. The number of nitro benzene ring substituents is 1. The highest BCUT2D eigenvalue weighted by Crippen LogP contribution is 2.31. The van der Waals surface area contributed by atoms with Crippen molar-refractivity contribution in [3.8, 4) is 0 Å². The molecule has 0 amide bonds. The maximum Gasteiger partial charge on any atom is 0.341 e. The summed E-state index contributed by atoms with van der Waals surface area (Å²) in [6.07, 6.45) is 0. The highest BCUT2D eigenvalue weighted by Gasteiger charge is 2.21. The van der Waals surface area contributed by atoms with Gasteiger partial charge in [0.1, 0.15) is 5.00 Å². The van der Waals surface area contributed by atoms with Crippen LogP contribution in [0.3, 0.4) is 0 Å². The van der Waals surface area contributed by atoms with E-state index in [4.69, 9.17) is 10.5 Å². The number of nitro groups is 1. The fourth-order valence-corrected chi connectivity index (χ4v) is 3.20. The van der Waals surface area contributed by atoms with E-state index in [0.717, 1.165) is 4.88 Å². The summed E-state index contributed by atoms with van der Waals surface area (Å²) in [4.78, 5) is 22.9. The van der Waals surface area contributed by atoms with Crippen LogP contribution < -0.4 is 11.2 Å². The molecule has 0 unspecified atom stereocenters. The molecule has 0 fully saturated rings. The van der Waals surface area contributed by atoms with E-state index in [9.17, 15) is 14.9 Å². The van der Waals surface area contributed by atoms with Crippen molar-refractivity contribution in [3.63, 3.8) is 0 Å². The molecule has 0 bridgehead atoms. The Morgan fingerprint density at radius 1 is 1.40 bits per heavy atom. The van der Waals surface area contributed by atoms with Crippen LogP contribution in [-0.2, 0) is 4.74 Å². The quantitative estimate of drug-likeness (QED) is 0.351. The third kappa shape index (κ3) is 4.13. The van der Waals surface area contributed by atoms with Crippen LogP contribution in [0.4, 0.5) is 16.4 Å². The molecule has 0 aliphatic rings. The number of carbonyl (C=O) groups excluding carboxylic acids is 1. The topological polar surface area (TPSA) is 120 Å². The van der Waals surface area contributed by atoms with E-state index < -0.39 is 10.9 Å². The molecule has 25 heavy (non-hydrogen) atoms. The molecule has 0 spiro atoms. The van der Waals surface area contributed by atoms with Gasteiger partial charge in [-0.05, 0) is 38.5 Å². The summed E-state index contributed by atoms with van der Waals surface area (Å²) in [6.45, 7) is 5.58. The Hall–Kier alpha value is -2.94. The van der Waals surface area contributed by atoms with E-state index in [1.807, 2.05) is 0 Å². The zero-order valence-electron chi connectivity index (χ0n) is 14.0. The standard InChI is InChI=1S/C16H18N4O4S/c1-4-24-16(21)13-9(2)14(25-15(13)17)10(3)18-19-11-5-7-12(8-6-11)20(22)23/h5-8,19H,4,17H2,1-3H3/b18-10-. The minimum absolute atomic E-state index is 0.00667. The molecular formula is C16H18N4O4S. The molecule has 132 valence electrons. The van der Waals surface area contributed by atoms with E-state index in [1.165, 1.54) is 23.5 Å². The van der Waals surface area contributed by atoms with E-state index in [2.05, 4.69) is 10.5 Å². The molecule has 8 nitrogen and oxygen atoms in total. The highest BCUT2D eigenvalue weighted by atomic mass is 32.1. The van der Waals surface area contributed by atoms with Crippen molar-refractivity contribution in [1.82, 2.24) is 0 Å². The van der Waals surface area contributed by atoms with Gasteiger partial charge in [0, 0.05) is 12.1 Å². The molecule has 1 aromatic heterocycles. The van der Waals surface area contributed by atoms with Crippen LogP contribution in [0, 0.1) is 17.0 Å². The Balaban J connectivity index is 2.21. The molecule has 0 saturated carbocycles. The Labute approximate surface area is 148 Å². The number of non-ortho nitro benzene ring substituents is 1. The first-order chi connectivity index (χ1) is 11.8. The molecule has 0 atom stereocenters. The minimum atomic E-state index is -0.465. The van der Waals surface area contributed by atoms with Crippen LogP contribution in [0.2, 0.25) is 0 Å². The lowest BCUT2D eigenvalue weighted by Gasteiger charge is -2.04. The number of esters is 1. The molecule has 2 aromatic rings. The number of benzene rings is 1. The van der Waals surface area contributed by atoms with E-state index in [-0.39, 0.29) is 12.3 Å². The zero-order chi connectivity index (χ0) is 18.6. The highest BCUT2D eigenvalue weighted by molar-refractivity contribution is 7.18. The SMILES string of the molecule is CCOC(=O)c1c(N)sc(/C(C)=N\Nc2ccc([N+](=O)[O-])cc2)c1C. The third-order valence-electron chi connectivity index (χ3n) is 3.41. The second kappa shape index (κ2) is 7.75. The largest absolute Gasteiger partial charge is 0.462 e. The van der Waals surface area contributed by atoms with Gasteiger partial charge in [-0.3, -0.25) is 15.5 Å². The van der Waals surface area contributed by atoms with Crippen LogP contribution in [0.25, 0.3) is 0 Å². The van der Waals surface area contributed by atoms with Crippen molar-refractivity contribution >= 4 is 39.4 Å². The zero-order valence-corrected chi connectivity index (χ0v) is 14.8. The molecule has 0 radical (unpaired) electrons. The summed E-state index contributed by atoms with van der Waals surface area (Å²) in [5.41, 5.74) is 11.1. The Bertz CT molecular complexity index is 827. The molecule has 0 saturated heterocycles. The number of hydrazone groups is 1. The second-order valence-corrected chi connectivity index (χ2v) is 6.18. The number of rotatable bonds is 6. The van der Waals surface area contributed by atoms with Gasteiger partial charge in [0.15, 0.2) is 0 Å². The molecule has 0 aliphatic heterocycles. The lowest BCUT2D eigenvalue weighted by molar-refractivity contribution is -0.384. The molecular weight excluding hydrogens is 344 g/mol. The van der Waals surface area contributed by atoms with E-state index >= 15 is 0 Å². The predicted octanol–water partition coefficient (Wildman–Crippen LogP) is 3.56. The van der Waals surface area contributed by atoms with Gasteiger partial charge in [-0.2, -0.15) is 5.10 Å². The molecule has 9 heteroatoms. The van der Waals surface area contributed by atoms with E-state index in [1.54, 1.807) is 32.9 Å². The summed E-state index contributed by atoms with van der Waals surface area (Å²) in [6, 6.07) is 5.91. The first kappa shape index (κ1) is 18.4. The van der Waals surface area contributed by atoms with Crippen molar-refractivity contribution in [2.45, 2.75) is 20.8 Å². The Morgan fingerprint density at radius 2 is 2.04 bits per heavy atom. The van der Waals surface area contributed by atoms with Gasteiger partial charge in [-0.15, -0.1) is 11.3 Å². The number of nitrogen functional groups attached to an aromatic ring is 1. The summed E-state index contributed by atoms with van der Waals surface area (Å²) >= 11 is 1.26. The summed E-state index contributed by atoms with van der Waals surface area (Å²) in [5.74, 6) is -0.448. The fourth-order valence-electron chi connectivity index (χ4n) is 2.19. The smallest absolute Gasteiger partial charge is 0.341 e. The van der Waals surface area contributed by atoms with Crippen molar-refractivity contribution in [1.29, 1.82) is 0 Å². The van der Waals surface area contributed by atoms with Gasteiger partial charge in [0.25, 0.3) is 5.69 Å². The van der Waals surface area contributed by atoms with Crippen LogP contribution in [0.1, 0.15) is 34.6 Å². The molecule has 1 aromatic carbocycles. The maximum absolute atomic E-state index is 12.0. The molecule has 1 heterocycles. The van der Waals surface area contributed by atoms with Gasteiger partial charge >= 0.3 is 5.97 Å². The van der Waals surface area contributed by atoms with Gasteiger partial charge in [-0.1, -0.05) is 0 Å². The normalized spacial score (nSPS) is 11.2. The van der Waals surface area contributed by atoms with Crippen molar-refractivity contribution in [3.05, 3.63) is 50.4 Å². The molecule has 0 aliphatic carbocycles. The number of carbonyl (C=O) groups is 1. The number of nitrogens with two attached hydrogens (primary N) is 1. The summed E-state index contributed by atoms with van der Waals surface area (Å²) in [5, 5.41) is 15.3. The number of nitrogens with zero attached hydrogens (tertiary/aromatic N) is 2. The number of anilines is 2. The van der Waals surface area contributed by atoms with Gasteiger partial charge in [0.05, 0.1) is 33.4 Å². The van der Waals surface area contributed by atoms with E-state index in [0.29, 0.717) is 27.5 Å². The third-order valence-corrected chi connectivity index (χ3v) is 4.64. The van der Waals surface area contributed by atoms with Crippen molar-refractivity contribution in [2.24, 2.45) is 5.10 Å². The van der Waals surface area contributed by atoms with Crippen molar-refractivity contribution < 1.29 is 14.5 Å². The molecule has 2 rings (SSSR count). The number of thiophene rings is 1. The number of ether oxygens (including phenoxy) is 1. The minimum Gasteiger partial charge on any atom is -0.462 e. The van der Waals surface area contributed by atoms with Crippen LogP contribution in [-0.4, -0.2) is 23.2 Å². The van der Waals surface area contributed by atoms with Crippen LogP contribution >= 0.6 is 11.3 Å². The summed E-state index contributed by atoms with van der Waals surface area (Å²) in [7, 11) is 0. The predicted molar refractivity (Wildman–Crippen MR) is 98.4 cm³/mol. The average molecular weight is 362 g/mol. The number of nitrogens with one attached hydrogen (secondary N) is 1. The van der Waals surface area contributed by atoms with Crippen LogP contribution in [0.5, 0.6) is 0 Å². The number of hydrogen-bond acceptors (Lipinski definition) is 8. The van der Waals surface area contributed by atoms with Gasteiger partial charge < -0.3 is 10.5 Å². The average Bonchev–Trinajstić information content (AvgIpc) is 2.88. The van der Waals surface area contributed by atoms with Gasteiger partial charge in [0.2, 0.25) is 0 Å². The second-order valence-electron chi connectivity index (χ2n) is 5.13. The van der Waals surface area contributed by atoms with Gasteiger partial charge in [-0.25, -0.2) is 4.79 Å². The lowest BCUT2D eigenvalue weighted by Crippen LogP contribution is -2.08. The Morgan fingerprint density at radius 3 is 2.60 bits per heavy atom. The fraction of sp³-hybridized carbons (Fsp3) is 0.250.